The molecule has 0 spiro atoms. The molecule has 10 heavy (non-hydrogen) atoms. The van der Waals surface area contributed by atoms with Crippen LogP contribution >= 0.6 is 0 Å². The summed E-state index contributed by atoms with van der Waals surface area (Å²) < 4.78 is 0. The van der Waals surface area contributed by atoms with Crippen LogP contribution in [0.2, 0.25) is 0 Å². The molecule has 0 bridgehead atoms. The number of hydrogen-bond acceptors (Lipinski definition) is 2. The van der Waals surface area contributed by atoms with Gasteiger partial charge in [0.1, 0.15) is 5.82 Å². The van der Waals surface area contributed by atoms with Crippen molar-refractivity contribution in [1.29, 1.82) is 0 Å². The van der Waals surface area contributed by atoms with Crippen LogP contribution in [-0.2, 0) is 16.3 Å². The number of aryl methyl sites for hydroxylation is 1. The average molecular weight is 139 g/mol. The van der Waals surface area contributed by atoms with Gasteiger partial charge in [0.25, 0.3) is 0 Å². The molecule has 0 saturated heterocycles. The number of nitrogens with one attached hydrogen (secondary N) is 1. The van der Waals surface area contributed by atoms with E-state index in [1.807, 2.05) is 0 Å². The van der Waals surface area contributed by atoms with Crippen molar-refractivity contribution in [1.82, 2.24) is 9.97 Å². The molecular weight excluding hydrogens is 132 g/mol. The molecule has 0 aliphatic heterocycles. The van der Waals surface area contributed by atoms with Gasteiger partial charge in [0.05, 0.1) is 6.42 Å². The van der Waals surface area contributed by atoms with Gasteiger partial charge in [-0.2, -0.15) is 0 Å². The second kappa shape index (κ2) is 3.00. The number of H-pyrrole nitrogens is 1. The quantitative estimate of drug-likeness (QED) is 0.654. The second-order valence-electron chi connectivity index (χ2n) is 1.91. The highest BCUT2D eigenvalue weighted by atomic mass is 16.4. The van der Waals surface area contributed by atoms with Gasteiger partial charge >= 0.3 is 5.97 Å². The van der Waals surface area contributed by atoms with Gasteiger partial charge in [-0.15, -0.1) is 0 Å². The first-order valence-electron chi connectivity index (χ1n) is 2.97. The SMILES string of the molecule is [O]C(=O)CCc1ncc[nH]1. The van der Waals surface area contributed by atoms with Crippen molar-refractivity contribution in [2.75, 3.05) is 0 Å². The number of carbonyl (C=O) groups is 1. The molecule has 0 aliphatic carbocycles. The van der Waals surface area contributed by atoms with Crippen LogP contribution in [0.15, 0.2) is 12.4 Å². The van der Waals surface area contributed by atoms with Crippen LogP contribution in [0.1, 0.15) is 12.2 Å². The highest BCUT2D eigenvalue weighted by molar-refractivity contribution is 5.66. The predicted octanol–water partition coefficient (Wildman–Crippen LogP) is 0.299. The van der Waals surface area contributed by atoms with E-state index in [4.69, 9.17) is 0 Å². The Kier molecular flexibility index (Phi) is 2.04. The van der Waals surface area contributed by atoms with Gasteiger partial charge in [-0.25, -0.2) is 14.9 Å². The van der Waals surface area contributed by atoms with E-state index in [0.29, 0.717) is 12.2 Å². The number of aromatic nitrogens is 2. The minimum atomic E-state index is -1.04. The standard InChI is InChI=1S/C6H7N2O2/c9-6(10)2-1-5-7-3-4-8-5/h3-4H,1-2H2,(H,7,8). The highest BCUT2D eigenvalue weighted by Gasteiger charge is 2.00. The molecule has 4 nitrogen and oxygen atoms in total. The summed E-state index contributed by atoms with van der Waals surface area (Å²) in [7, 11) is 0. The van der Waals surface area contributed by atoms with E-state index in [1.165, 1.54) is 0 Å². The summed E-state index contributed by atoms with van der Waals surface area (Å²) >= 11 is 0. The molecule has 0 unspecified atom stereocenters. The monoisotopic (exact) mass is 139 g/mol. The minimum absolute atomic E-state index is 0.0213. The van der Waals surface area contributed by atoms with Gasteiger partial charge in [0.15, 0.2) is 0 Å². The van der Waals surface area contributed by atoms with Crippen molar-refractivity contribution in [3.8, 4) is 0 Å². The maximum atomic E-state index is 9.94. The maximum absolute atomic E-state index is 9.94. The van der Waals surface area contributed by atoms with Crippen LogP contribution in [0.5, 0.6) is 0 Å². The van der Waals surface area contributed by atoms with Crippen LogP contribution in [0.3, 0.4) is 0 Å². The lowest BCUT2D eigenvalue weighted by molar-refractivity contribution is -0.143. The Balaban J connectivity index is 2.35. The molecule has 53 valence electrons. The fourth-order valence-corrected chi connectivity index (χ4v) is 0.655. The van der Waals surface area contributed by atoms with Crippen LogP contribution < -0.4 is 0 Å². The van der Waals surface area contributed by atoms with Crippen LogP contribution in [0.4, 0.5) is 0 Å². The lowest BCUT2D eigenvalue weighted by Crippen LogP contribution is -1.96. The number of rotatable bonds is 3. The van der Waals surface area contributed by atoms with Gasteiger partial charge in [0, 0.05) is 18.8 Å². The normalized spacial score (nSPS) is 9.60. The molecular formula is C6H7N2O2. The Labute approximate surface area is 57.9 Å². The van der Waals surface area contributed by atoms with E-state index in [0.717, 1.165) is 0 Å². The lowest BCUT2D eigenvalue weighted by atomic mass is 10.3. The van der Waals surface area contributed by atoms with Gasteiger partial charge in [0.2, 0.25) is 0 Å². The van der Waals surface area contributed by atoms with Gasteiger partial charge in [-0.3, -0.25) is 0 Å². The summed E-state index contributed by atoms with van der Waals surface area (Å²) in [5, 5.41) is 9.94. The maximum Gasteiger partial charge on any atom is 0.356 e. The number of carbonyl (C=O) groups excluding carboxylic acids is 1. The van der Waals surface area contributed by atoms with Crippen molar-refractivity contribution in [3.05, 3.63) is 18.2 Å². The van der Waals surface area contributed by atoms with E-state index < -0.39 is 5.97 Å². The van der Waals surface area contributed by atoms with Crippen LogP contribution in [0.25, 0.3) is 0 Å². The van der Waals surface area contributed by atoms with Crippen molar-refractivity contribution in [3.63, 3.8) is 0 Å². The average Bonchev–Trinajstić information content (AvgIpc) is 2.34. The summed E-state index contributed by atoms with van der Waals surface area (Å²) in [4.78, 5) is 16.6. The Hall–Kier alpha value is -1.32. The summed E-state index contributed by atoms with van der Waals surface area (Å²) in [5.41, 5.74) is 0. The van der Waals surface area contributed by atoms with E-state index in [1.54, 1.807) is 12.4 Å². The fraction of sp³-hybridized carbons (Fsp3) is 0.333. The van der Waals surface area contributed by atoms with Crippen molar-refractivity contribution in [2.45, 2.75) is 12.8 Å². The van der Waals surface area contributed by atoms with Crippen molar-refractivity contribution >= 4 is 5.97 Å². The Morgan fingerprint density at radius 2 is 2.50 bits per heavy atom. The second-order valence-corrected chi connectivity index (χ2v) is 1.91. The molecule has 0 fully saturated rings. The van der Waals surface area contributed by atoms with Gasteiger partial charge < -0.3 is 4.98 Å². The topological polar surface area (TPSA) is 65.7 Å². The first-order valence-corrected chi connectivity index (χ1v) is 2.97. The highest BCUT2D eigenvalue weighted by Crippen LogP contribution is 1.93. The first kappa shape index (κ1) is 6.80. The number of nitrogens with zero attached hydrogens (tertiary/aromatic N) is 1. The lowest BCUT2D eigenvalue weighted by Gasteiger charge is -1.87. The Morgan fingerprint density at radius 3 is 3.00 bits per heavy atom. The summed E-state index contributed by atoms with van der Waals surface area (Å²) in [6.45, 7) is 0. The molecule has 0 atom stereocenters. The third kappa shape index (κ3) is 1.89. The molecule has 1 heterocycles. The van der Waals surface area contributed by atoms with E-state index in [2.05, 4.69) is 9.97 Å². The molecule has 1 rings (SSSR count). The molecule has 1 aromatic rings. The molecule has 0 aliphatic rings. The van der Waals surface area contributed by atoms with Gasteiger partial charge in [-0.1, -0.05) is 0 Å². The van der Waals surface area contributed by atoms with E-state index >= 15 is 0 Å². The molecule has 1 aromatic heterocycles. The predicted molar refractivity (Wildman–Crippen MR) is 32.6 cm³/mol. The first-order chi connectivity index (χ1) is 4.79. The van der Waals surface area contributed by atoms with E-state index in [9.17, 15) is 9.90 Å². The van der Waals surface area contributed by atoms with Crippen LogP contribution in [-0.4, -0.2) is 15.9 Å². The zero-order valence-corrected chi connectivity index (χ0v) is 5.33. The van der Waals surface area contributed by atoms with E-state index in [-0.39, 0.29) is 6.42 Å². The number of hydrogen-bond donors (Lipinski definition) is 1. The summed E-state index contributed by atoms with van der Waals surface area (Å²) in [6, 6.07) is 0. The minimum Gasteiger partial charge on any atom is -0.349 e. The van der Waals surface area contributed by atoms with Crippen molar-refractivity contribution in [2.24, 2.45) is 0 Å². The van der Waals surface area contributed by atoms with Gasteiger partial charge in [-0.05, 0) is 0 Å². The molecule has 0 amide bonds. The third-order valence-electron chi connectivity index (χ3n) is 1.12. The molecule has 4 heteroatoms. The molecule has 0 aromatic carbocycles. The largest absolute Gasteiger partial charge is 0.356 e. The number of aromatic amines is 1. The summed E-state index contributed by atoms with van der Waals surface area (Å²) in [5.74, 6) is -0.361. The zero-order chi connectivity index (χ0) is 7.40. The number of imidazole rings is 1. The fourth-order valence-electron chi connectivity index (χ4n) is 0.655. The van der Waals surface area contributed by atoms with Crippen LogP contribution in [0, 0.1) is 0 Å². The smallest absolute Gasteiger partial charge is 0.349 e. The molecule has 1 N–H and O–H groups in total. The zero-order valence-electron chi connectivity index (χ0n) is 5.33. The Morgan fingerprint density at radius 1 is 1.70 bits per heavy atom. The molecule has 1 radical (unpaired) electrons. The molecule has 0 saturated carbocycles. The van der Waals surface area contributed by atoms with Crippen molar-refractivity contribution < 1.29 is 9.90 Å². The third-order valence-corrected chi connectivity index (χ3v) is 1.12. The summed E-state index contributed by atoms with van der Waals surface area (Å²) in [6.07, 6.45) is 3.68. The Bertz CT molecular complexity index is 206.